The fourth-order valence-corrected chi connectivity index (χ4v) is 2.63. The number of hydrogen-bond acceptors (Lipinski definition) is 3. The maximum Gasteiger partial charge on any atom is 0.242 e. The summed E-state index contributed by atoms with van der Waals surface area (Å²) in [6, 6.07) is 9.48. The predicted molar refractivity (Wildman–Crippen MR) is 82.2 cm³/mol. The van der Waals surface area contributed by atoms with Crippen LogP contribution in [0.15, 0.2) is 24.3 Å². The van der Waals surface area contributed by atoms with Gasteiger partial charge in [0, 0.05) is 13.1 Å². The van der Waals surface area contributed by atoms with Crippen LogP contribution in [0.5, 0.6) is 0 Å². The van der Waals surface area contributed by atoms with Crippen molar-refractivity contribution in [1.29, 1.82) is 5.26 Å². The molecule has 112 valence electrons. The summed E-state index contributed by atoms with van der Waals surface area (Å²) < 4.78 is 0. The number of amides is 1. The maximum absolute atomic E-state index is 12.7. The molecule has 0 aromatic heterocycles. The van der Waals surface area contributed by atoms with Crippen LogP contribution >= 0.6 is 0 Å². The predicted octanol–water partition coefficient (Wildman–Crippen LogP) is 2.42. The van der Waals surface area contributed by atoms with Gasteiger partial charge in [0.1, 0.15) is 0 Å². The number of benzene rings is 1. The quantitative estimate of drug-likeness (QED) is 0.872. The summed E-state index contributed by atoms with van der Waals surface area (Å²) in [7, 11) is 0. The molecule has 4 heteroatoms. The first-order valence-corrected chi connectivity index (χ1v) is 7.56. The molecule has 21 heavy (non-hydrogen) atoms. The van der Waals surface area contributed by atoms with E-state index in [9.17, 15) is 4.79 Å². The first-order valence-electron chi connectivity index (χ1n) is 7.56. The van der Waals surface area contributed by atoms with Gasteiger partial charge in [0.2, 0.25) is 5.91 Å². The van der Waals surface area contributed by atoms with Crippen molar-refractivity contribution in [3.05, 3.63) is 35.4 Å². The highest BCUT2D eigenvalue weighted by Gasteiger charge is 2.45. The molecule has 0 bridgehead atoms. The lowest BCUT2D eigenvalue weighted by molar-refractivity contribution is -0.137. The Morgan fingerprint density at radius 2 is 2.05 bits per heavy atom. The molecule has 1 fully saturated rings. The molecule has 0 aliphatic heterocycles. The lowest BCUT2D eigenvalue weighted by Gasteiger charge is -2.32. The smallest absolute Gasteiger partial charge is 0.242 e. The van der Waals surface area contributed by atoms with Gasteiger partial charge in [-0.05, 0) is 49.8 Å². The minimum Gasteiger partial charge on any atom is -0.337 e. The number of nitrogens with zero attached hydrogens (tertiary/aromatic N) is 2. The first-order chi connectivity index (χ1) is 9.98. The molecule has 0 spiro atoms. The molecule has 0 saturated heterocycles. The minimum absolute atomic E-state index is 0.0382. The van der Waals surface area contributed by atoms with Crippen LogP contribution in [0.25, 0.3) is 0 Å². The SMILES string of the molecule is CCCN(Cc1ccc(C#N)cc1)C(=O)C(C)(N)C1CC1. The highest BCUT2D eigenvalue weighted by Crippen LogP contribution is 2.39. The third-order valence-electron chi connectivity index (χ3n) is 4.12. The van der Waals surface area contributed by atoms with Crippen LogP contribution in [0.4, 0.5) is 0 Å². The molecule has 4 nitrogen and oxygen atoms in total. The van der Waals surface area contributed by atoms with E-state index in [0.29, 0.717) is 24.6 Å². The van der Waals surface area contributed by atoms with Crippen molar-refractivity contribution in [3.8, 4) is 6.07 Å². The zero-order valence-electron chi connectivity index (χ0n) is 12.8. The van der Waals surface area contributed by atoms with Gasteiger partial charge in [-0.3, -0.25) is 4.79 Å². The second kappa shape index (κ2) is 6.28. The Bertz CT molecular complexity index is 538. The number of carbonyl (C=O) groups excluding carboxylic acids is 1. The molecule has 1 aromatic rings. The van der Waals surface area contributed by atoms with Crippen LogP contribution in [0.1, 0.15) is 44.2 Å². The van der Waals surface area contributed by atoms with E-state index in [4.69, 9.17) is 11.0 Å². The summed E-state index contributed by atoms with van der Waals surface area (Å²) in [5.74, 6) is 0.363. The van der Waals surface area contributed by atoms with E-state index >= 15 is 0 Å². The molecule has 1 saturated carbocycles. The zero-order chi connectivity index (χ0) is 15.5. The Morgan fingerprint density at radius 3 is 2.52 bits per heavy atom. The minimum atomic E-state index is -0.748. The Labute approximate surface area is 126 Å². The van der Waals surface area contributed by atoms with Crippen molar-refractivity contribution in [2.75, 3.05) is 6.54 Å². The molecule has 1 aliphatic carbocycles. The van der Waals surface area contributed by atoms with Crippen LogP contribution in [-0.4, -0.2) is 22.9 Å². The molecule has 1 amide bonds. The molecule has 1 unspecified atom stereocenters. The second-order valence-corrected chi connectivity index (χ2v) is 6.09. The van der Waals surface area contributed by atoms with Gasteiger partial charge in [0.05, 0.1) is 17.2 Å². The van der Waals surface area contributed by atoms with Crippen LogP contribution < -0.4 is 5.73 Å². The van der Waals surface area contributed by atoms with Crippen molar-refractivity contribution in [3.63, 3.8) is 0 Å². The lowest BCUT2D eigenvalue weighted by atomic mass is 9.95. The first kappa shape index (κ1) is 15.5. The zero-order valence-corrected chi connectivity index (χ0v) is 12.8. The van der Waals surface area contributed by atoms with Gasteiger partial charge in [-0.1, -0.05) is 19.1 Å². The summed E-state index contributed by atoms with van der Waals surface area (Å²) in [6.45, 7) is 5.18. The van der Waals surface area contributed by atoms with Gasteiger partial charge < -0.3 is 10.6 Å². The number of carbonyl (C=O) groups is 1. The van der Waals surface area contributed by atoms with Crippen molar-refractivity contribution in [2.24, 2.45) is 11.7 Å². The van der Waals surface area contributed by atoms with Gasteiger partial charge in [0.15, 0.2) is 0 Å². The molecule has 2 rings (SSSR count). The largest absolute Gasteiger partial charge is 0.337 e. The van der Waals surface area contributed by atoms with E-state index in [1.165, 1.54) is 0 Å². The molecular formula is C17H23N3O. The molecule has 1 aliphatic rings. The van der Waals surface area contributed by atoms with Gasteiger partial charge in [0.25, 0.3) is 0 Å². The Kier molecular flexibility index (Phi) is 4.64. The fourth-order valence-electron chi connectivity index (χ4n) is 2.63. The maximum atomic E-state index is 12.7. The van der Waals surface area contributed by atoms with Crippen molar-refractivity contribution in [2.45, 2.75) is 45.2 Å². The summed E-state index contributed by atoms with van der Waals surface area (Å²) in [6.07, 6.45) is 3.01. The monoisotopic (exact) mass is 285 g/mol. The van der Waals surface area contributed by atoms with E-state index in [1.807, 2.05) is 24.0 Å². The summed E-state index contributed by atoms with van der Waals surface area (Å²) in [5, 5.41) is 8.83. The van der Waals surface area contributed by atoms with Gasteiger partial charge in [-0.15, -0.1) is 0 Å². The standard InChI is InChI=1S/C17H23N3O/c1-3-10-20(16(21)17(2,19)15-8-9-15)12-14-6-4-13(11-18)5-7-14/h4-7,15H,3,8-10,12,19H2,1-2H3. The van der Waals surface area contributed by atoms with E-state index in [0.717, 1.165) is 24.8 Å². The van der Waals surface area contributed by atoms with E-state index in [-0.39, 0.29) is 5.91 Å². The summed E-state index contributed by atoms with van der Waals surface area (Å²) in [4.78, 5) is 14.6. The van der Waals surface area contributed by atoms with Crippen LogP contribution in [0.3, 0.4) is 0 Å². The highest BCUT2D eigenvalue weighted by molar-refractivity contribution is 5.86. The summed E-state index contributed by atoms with van der Waals surface area (Å²) in [5.41, 5.74) is 7.18. The van der Waals surface area contributed by atoms with Crippen LogP contribution in [0.2, 0.25) is 0 Å². The van der Waals surface area contributed by atoms with Gasteiger partial charge >= 0.3 is 0 Å². The fraction of sp³-hybridized carbons (Fsp3) is 0.529. The van der Waals surface area contributed by atoms with E-state index < -0.39 is 5.54 Å². The third kappa shape index (κ3) is 3.62. The topological polar surface area (TPSA) is 70.1 Å². The molecule has 1 aromatic carbocycles. The average molecular weight is 285 g/mol. The van der Waals surface area contributed by atoms with E-state index in [2.05, 4.69) is 13.0 Å². The molecule has 1 atom stereocenters. The highest BCUT2D eigenvalue weighted by atomic mass is 16.2. The number of hydrogen-bond donors (Lipinski definition) is 1. The summed E-state index contributed by atoms with van der Waals surface area (Å²) >= 11 is 0. The molecule has 0 heterocycles. The number of nitriles is 1. The Hall–Kier alpha value is -1.86. The van der Waals surface area contributed by atoms with Crippen molar-refractivity contribution < 1.29 is 4.79 Å². The van der Waals surface area contributed by atoms with Crippen LogP contribution in [0, 0.1) is 17.2 Å². The van der Waals surface area contributed by atoms with Crippen molar-refractivity contribution in [1.82, 2.24) is 4.90 Å². The Morgan fingerprint density at radius 1 is 1.43 bits per heavy atom. The Balaban J connectivity index is 2.10. The van der Waals surface area contributed by atoms with Gasteiger partial charge in [-0.25, -0.2) is 0 Å². The van der Waals surface area contributed by atoms with Crippen LogP contribution in [-0.2, 0) is 11.3 Å². The molecule has 2 N–H and O–H groups in total. The van der Waals surface area contributed by atoms with E-state index in [1.54, 1.807) is 12.1 Å². The number of rotatable bonds is 6. The van der Waals surface area contributed by atoms with Gasteiger partial charge in [-0.2, -0.15) is 5.26 Å². The molecule has 0 radical (unpaired) electrons. The molecular weight excluding hydrogens is 262 g/mol. The average Bonchev–Trinajstić information content (AvgIpc) is 3.32. The second-order valence-electron chi connectivity index (χ2n) is 6.09. The van der Waals surface area contributed by atoms with Crippen molar-refractivity contribution >= 4 is 5.91 Å². The third-order valence-corrected chi connectivity index (χ3v) is 4.12. The normalized spacial score (nSPS) is 16.9. The lowest BCUT2D eigenvalue weighted by Crippen LogP contribution is -2.54. The number of nitrogens with two attached hydrogens (primary N) is 1.